The van der Waals surface area contributed by atoms with Crippen LogP contribution >= 0.6 is 0 Å². The normalized spacial score (nSPS) is 21.2. The molecule has 5 N–H and O–H groups in total. The number of carbonyl (C=O) groups excluding carboxylic acids is 1. The Balaban J connectivity index is 1.48. The van der Waals surface area contributed by atoms with Crippen LogP contribution in [0.15, 0.2) is 24.3 Å². The van der Waals surface area contributed by atoms with Gasteiger partial charge in [0.2, 0.25) is 11.9 Å². The average Bonchev–Trinajstić information content (AvgIpc) is 3.52. The van der Waals surface area contributed by atoms with Crippen LogP contribution in [0.4, 0.5) is 30.8 Å². The van der Waals surface area contributed by atoms with Gasteiger partial charge < -0.3 is 21.3 Å². The molecule has 3 aromatic rings. The van der Waals surface area contributed by atoms with Gasteiger partial charge in [0.15, 0.2) is 5.82 Å². The molecule has 36 heavy (non-hydrogen) atoms. The number of nitrogens with zero attached hydrogens (tertiary/aromatic N) is 4. The van der Waals surface area contributed by atoms with Gasteiger partial charge in [0, 0.05) is 36.7 Å². The molecule has 1 saturated heterocycles. The summed E-state index contributed by atoms with van der Waals surface area (Å²) in [7, 11) is 1.61. The first-order chi connectivity index (χ1) is 17.2. The fraction of sp³-hybridized carbons (Fsp3) is 0.500. The van der Waals surface area contributed by atoms with Crippen LogP contribution < -0.4 is 21.3 Å². The third kappa shape index (κ3) is 4.76. The van der Waals surface area contributed by atoms with Crippen LogP contribution in [0.1, 0.15) is 38.5 Å². The molecule has 0 spiro atoms. The van der Waals surface area contributed by atoms with Crippen molar-refractivity contribution in [2.75, 3.05) is 29.5 Å². The van der Waals surface area contributed by atoms with E-state index in [4.69, 9.17) is 5.73 Å². The predicted octanol–water partition coefficient (Wildman–Crippen LogP) is 3.85. The molecule has 2 aromatic heterocycles. The topological polar surface area (TPSA) is 125 Å². The summed E-state index contributed by atoms with van der Waals surface area (Å²) in [6.07, 6.45) is -0.518. The molecule has 2 atom stereocenters. The molecule has 0 unspecified atom stereocenters. The number of anilines is 3. The molecule has 1 aromatic carbocycles. The SMILES string of the molecule is CNc1nc(-c2ccc3c(N)n[nH]c3c2)cc(N2C[C@H](C(=O)NC3CCCC3)CC[C@@H]2C(F)(F)F)n1. The van der Waals surface area contributed by atoms with E-state index in [1.807, 2.05) is 0 Å². The second-order valence-electron chi connectivity index (χ2n) is 9.53. The van der Waals surface area contributed by atoms with E-state index in [2.05, 4.69) is 30.8 Å². The molecule has 9 nitrogen and oxygen atoms in total. The van der Waals surface area contributed by atoms with Gasteiger partial charge in [-0.2, -0.15) is 23.3 Å². The first kappa shape index (κ1) is 24.1. The van der Waals surface area contributed by atoms with Gasteiger partial charge in [-0.25, -0.2) is 4.98 Å². The maximum absolute atomic E-state index is 14.1. The zero-order valence-corrected chi connectivity index (χ0v) is 19.9. The highest BCUT2D eigenvalue weighted by molar-refractivity contribution is 5.91. The molecule has 2 aliphatic rings. The number of piperidine rings is 1. The number of hydrogen-bond donors (Lipinski definition) is 4. The van der Waals surface area contributed by atoms with Gasteiger partial charge in [-0.15, -0.1) is 0 Å². The number of nitrogens with one attached hydrogen (secondary N) is 3. The maximum Gasteiger partial charge on any atom is 0.408 e. The van der Waals surface area contributed by atoms with Crippen molar-refractivity contribution in [2.24, 2.45) is 5.92 Å². The van der Waals surface area contributed by atoms with Gasteiger partial charge in [-0.3, -0.25) is 9.89 Å². The Labute approximate surface area is 206 Å². The third-order valence-corrected chi connectivity index (χ3v) is 7.15. The lowest BCUT2D eigenvalue weighted by Crippen LogP contribution is -2.54. The van der Waals surface area contributed by atoms with Crippen molar-refractivity contribution in [3.05, 3.63) is 24.3 Å². The van der Waals surface area contributed by atoms with E-state index in [0.717, 1.165) is 31.1 Å². The van der Waals surface area contributed by atoms with Crippen LogP contribution in [0.3, 0.4) is 0 Å². The number of fused-ring (bicyclic) bond motifs is 1. The molecule has 0 radical (unpaired) electrons. The second kappa shape index (κ2) is 9.47. The molecule has 0 bridgehead atoms. The largest absolute Gasteiger partial charge is 0.408 e. The van der Waals surface area contributed by atoms with Gasteiger partial charge in [-0.1, -0.05) is 18.9 Å². The third-order valence-electron chi connectivity index (χ3n) is 7.15. The minimum atomic E-state index is -4.47. The molecule has 12 heteroatoms. The number of nitrogens with two attached hydrogens (primary N) is 1. The van der Waals surface area contributed by atoms with Crippen molar-refractivity contribution in [3.8, 4) is 11.3 Å². The number of rotatable bonds is 5. The standard InChI is InChI=1S/C24H29F3N8O/c1-29-23-31-17(13-6-8-16-18(10-13)33-34-21(16)28)11-20(32-23)35-12-14(7-9-19(35)24(25,26)27)22(36)30-15-4-2-3-5-15/h6,8,10-11,14-15,19H,2-5,7,9,12H2,1H3,(H,30,36)(H3,28,33,34)(H,29,31,32)/t14-,19-/m1/s1. The minimum Gasteiger partial charge on any atom is -0.382 e. The molecule has 1 aliphatic carbocycles. The number of nitrogen functional groups attached to an aromatic ring is 1. The summed E-state index contributed by atoms with van der Waals surface area (Å²) in [6.45, 7) is -0.0710. The number of benzene rings is 1. The molecule has 192 valence electrons. The van der Waals surface area contributed by atoms with E-state index < -0.39 is 18.1 Å². The highest BCUT2D eigenvalue weighted by atomic mass is 19.4. The fourth-order valence-corrected chi connectivity index (χ4v) is 5.21. The smallest absolute Gasteiger partial charge is 0.382 e. The Morgan fingerprint density at radius 2 is 1.92 bits per heavy atom. The summed E-state index contributed by atoms with van der Waals surface area (Å²) in [4.78, 5) is 23.0. The van der Waals surface area contributed by atoms with Gasteiger partial charge in [0.1, 0.15) is 11.9 Å². The zero-order chi connectivity index (χ0) is 25.4. The lowest BCUT2D eigenvalue weighted by Gasteiger charge is -2.41. The van der Waals surface area contributed by atoms with E-state index in [-0.39, 0.29) is 43.1 Å². The number of halogens is 3. The Bertz CT molecular complexity index is 1250. The quantitative estimate of drug-likeness (QED) is 0.418. The monoisotopic (exact) mass is 502 g/mol. The van der Waals surface area contributed by atoms with Gasteiger partial charge in [-0.05, 0) is 37.8 Å². The van der Waals surface area contributed by atoms with Crippen LogP contribution in [-0.4, -0.2) is 57.9 Å². The van der Waals surface area contributed by atoms with Crippen molar-refractivity contribution < 1.29 is 18.0 Å². The van der Waals surface area contributed by atoms with E-state index in [9.17, 15) is 18.0 Å². The molecule has 2 fully saturated rings. The zero-order valence-electron chi connectivity index (χ0n) is 19.9. The number of H-pyrrole nitrogens is 1. The summed E-state index contributed by atoms with van der Waals surface area (Å²) in [5, 5.41) is 13.5. The lowest BCUT2D eigenvalue weighted by molar-refractivity contribution is -0.156. The molecule has 1 amide bonds. The van der Waals surface area contributed by atoms with E-state index in [1.165, 1.54) is 11.0 Å². The Kier molecular flexibility index (Phi) is 6.35. The highest BCUT2D eigenvalue weighted by Gasteiger charge is 2.48. The summed E-state index contributed by atoms with van der Waals surface area (Å²) in [6, 6.07) is 5.27. The maximum atomic E-state index is 14.1. The fourth-order valence-electron chi connectivity index (χ4n) is 5.21. The molecule has 1 saturated carbocycles. The predicted molar refractivity (Wildman–Crippen MR) is 131 cm³/mol. The number of aromatic nitrogens is 4. The van der Waals surface area contributed by atoms with Crippen molar-refractivity contribution in [1.29, 1.82) is 0 Å². The molecule has 1 aliphatic heterocycles. The van der Waals surface area contributed by atoms with Gasteiger partial charge in [0.05, 0.1) is 17.1 Å². The minimum absolute atomic E-state index is 0.0710. The summed E-state index contributed by atoms with van der Waals surface area (Å²) in [5.41, 5.74) is 7.65. The van der Waals surface area contributed by atoms with Crippen LogP contribution in [0.5, 0.6) is 0 Å². The number of carbonyl (C=O) groups is 1. The molecule has 3 heterocycles. The molecular formula is C24H29F3N8O. The Hall–Kier alpha value is -3.57. The van der Waals surface area contributed by atoms with Crippen LogP contribution in [0.2, 0.25) is 0 Å². The van der Waals surface area contributed by atoms with E-state index in [1.54, 1.807) is 25.2 Å². The average molecular weight is 503 g/mol. The Morgan fingerprint density at radius 1 is 1.14 bits per heavy atom. The van der Waals surface area contributed by atoms with E-state index >= 15 is 0 Å². The molecular weight excluding hydrogens is 473 g/mol. The van der Waals surface area contributed by atoms with Crippen LogP contribution in [0.25, 0.3) is 22.2 Å². The lowest BCUT2D eigenvalue weighted by atomic mass is 9.91. The van der Waals surface area contributed by atoms with Crippen molar-refractivity contribution in [2.45, 2.75) is 56.8 Å². The number of aromatic amines is 1. The van der Waals surface area contributed by atoms with E-state index in [0.29, 0.717) is 22.6 Å². The van der Waals surface area contributed by atoms with Crippen LogP contribution in [0, 0.1) is 5.92 Å². The first-order valence-electron chi connectivity index (χ1n) is 12.2. The summed E-state index contributed by atoms with van der Waals surface area (Å²) >= 11 is 0. The molecule has 5 rings (SSSR count). The van der Waals surface area contributed by atoms with Crippen molar-refractivity contribution >= 4 is 34.4 Å². The highest BCUT2D eigenvalue weighted by Crippen LogP contribution is 2.38. The van der Waals surface area contributed by atoms with Crippen LogP contribution in [-0.2, 0) is 4.79 Å². The number of alkyl halides is 3. The number of amides is 1. The summed E-state index contributed by atoms with van der Waals surface area (Å²) in [5.74, 6) is -0.0681. The van der Waals surface area contributed by atoms with Gasteiger partial charge >= 0.3 is 6.18 Å². The second-order valence-corrected chi connectivity index (χ2v) is 9.53. The first-order valence-corrected chi connectivity index (χ1v) is 12.2. The Morgan fingerprint density at radius 3 is 2.64 bits per heavy atom. The number of hydrogen-bond acceptors (Lipinski definition) is 7. The van der Waals surface area contributed by atoms with Crippen molar-refractivity contribution in [1.82, 2.24) is 25.5 Å². The summed E-state index contributed by atoms with van der Waals surface area (Å²) < 4.78 is 42.3. The van der Waals surface area contributed by atoms with Gasteiger partial charge in [0.25, 0.3) is 0 Å². The van der Waals surface area contributed by atoms with Crippen molar-refractivity contribution in [3.63, 3.8) is 0 Å².